The zero-order valence-corrected chi connectivity index (χ0v) is 18.5. The van der Waals surface area contributed by atoms with Gasteiger partial charge in [-0.05, 0) is 0 Å². The Morgan fingerprint density at radius 2 is 1.52 bits per heavy atom. The second-order valence-electron chi connectivity index (χ2n) is 6.15. The molecule has 4 rings (SSSR count). The van der Waals surface area contributed by atoms with Gasteiger partial charge in [0.2, 0.25) is 0 Å². The average Bonchev–Trinajstić information content (AvgIpc) is 3.12. The van der Waals surface area contributed by atoms with Crippen LogP contribution in [-0.4, -0.2) is 0 Å². The summed E-state index contributed by atoms with van der Waals surface area (Å²) in [6.45, 7) is 0. The van der Waals surface area contributed by atoms with Crippen molar-refractivity contribution in [3.05, 3.63) is 81.3 Å². The Bertz CT molecular complexity index is 867. The third-order valence-electron chi connectivity index (χ3n) is 4.77. The van der Waals surface area contributed by atoms with Gasteiger partial charge in [0.15, 0.2) is 0 Å². The molecule has 0 amide bonds. The van der Waals surface area contributed by atoms with Crippen LogP contribution in [-0.2, 0) is 14.9 Å². The molecule has 0 heterocycles. The topological polar surface area (TPSA) is 0 Å². The van der Waals surface area contributed by atoms with Crippen molar-refractivity contribution in [2.75, 3.05) is 0 Å². The molecule has 0 aromatic heterocycles. The third kappa shape index (κ3) is 2.59. The fourth-order valence-corrected chi connectivity index (χ4v) is 19.0. The van der Waals surface area contributed by atoms with Gasteiger partial charge in [-0.15, -0.1) is 0 Å². The Morgan fingerprint density at radius 1 is 0.870 bits per heavy atom. The van der Waals surface area contributed by atoms with Crippen LogP contribution in [0, 0.1) is 0 Å². The van der Waals surface area contributed by atoms with E-state index in [-0.39, 0.29) is 7.25 Å². The molecule has 2 aromatic carbocycles. The summed E-state index contributed by atoms with van der Waals surface area (Å²) in [5, 5.41) is 0. The molecule has 0 aliphatic heterocycles. The summed E-state index contributed by atoms with van der Waals surface area (Å²) in [6, 6.07) is 14.5. The molecular formula is C18H14BrCl2SZr. The Labute approximate surface area is 156 Å². The molecule has 2 aromatic rings. The first-order valence-corrected chi connectivity index (χ1v) is 21.1. The van der Waals surface area contributed by atoms with Crippen molar-refractivity contribution in [2.45, 2.75) is 7.25 Å². The van der Waals surface area contributed by atoms with Crippen LogP contribution in [0.1, 0.15) is 29.5 Å². The van der Waals surface area contributed by atoms with Gasteiger partial charge in [0.05, 0.1) is 0 Å². The number of hydrogen-bond acceptors (Lipinski definition) is 1. The minimum absolute atomic E-state index is 0.00649. The molecule has 0 fully saturated rings. The minimum atomic E-state index is -4.48. The van der Waals surface area contributed by atoms with Crippen LogP contribution in [0.2, 0.25) is 0 Å². The quantitative estimate of drug-likeness (QED) is 0.414. The number of thiol groups is 1. The van der Waals surface area contributed by atoms with Crippen LogP contribution >= 0.6 is 42.3 Å². The van der Waals surface area contributed by atoms with E-state index in [4.69, 9.17) is 26.4 Å². The average molecular weight is 504 g/mol. The number of fused-ring (bicyclic) bond motifs is 2. The number of rotatable bonds is 2. The SMILES string of the molecule is [SH][Zr]([Cl])([Cl])([CH]1C=Cc2ccccc21)[CH]1C=Cc2cccc(Br)c21. The van der Waals surface area contributed by atoms with E-state index in [0.717, 1.165) is 4.47 Å². The molecule has 0 nitrogen and oxygen atoms in total. The number of benzene rings is 2. The van der Waals surface area contributed by atoms with Gasteiger partial charge in [-0.1, -0.05) is 0 Å². The number of halogens is 3. The van der Waals surface area contributed by atoms with Crippen LogP contribution in [0.25, 0.3) is 12.2 Å². The van der Waals surface area contributed by atoms with Crippen molar-refractivity contribution < 1.29 is 14.9 Å². The summed E-state index contributed by atoms with van der Waals surface area (Å²) in [6.07, 6.45) is 8.52. The molecule has 0 bridgehead atoms. The Kier molecular flexibility index (Phi) is 4.07. The first-order valence-electron chi connectivity index (χ1n) is 7.43. The maximum absolute atomic E-state index is 7.25. The summed E-state index contributed by atoms with van der Waals surface area (Å²) >= 11 is -0.812. The van der Waals surface area contributed by atoms with Gasteiger partial charge in [-0.25, -0.2) is 0 Å². The fourth-order valence-electron chi connectivity index (χ4n) is 3.64. The first kappa shape index (κ1) is 16.7. The summed E-state index contributed by atoms with van der Waals surface area (Å²) in [7, 11) is 19.5. The summed E-state index contributed by atoms with van der Waals surface area (Å²) < 4.78 is 1.04. The standard InChI is InChI=1S/C9H6Br.C9H7.2ClH.H2S.Zr/c10-9-6-2-4-7-3-1-5-8(7)9;1-2-5-9-7-3-6-8(9)4-1;;;;/h1-6H;1-7H;2*1H;1H2;/q;;;;;+3/p-3. The second kappa shape index (κ2) is 5.61. The molecule has 2 aliphatic rings. The van der Waals surface area contributed by atoms with Gasteiger partial charge in [-0.3, -0.25) is 0 Å². The Balaban J connectivity index is 1.87. The monoisotopic (exact) mass is 501 g/mol. The molecule has 2 unspecified atom stereocenters. The van der Waals surface area contributed by atoms with E-state index in [1.807, 2.05) is 24.3 Å². The van der Waals surface area contributed by atoms with Crippen LogP contribution in [0.4, 0.5) is 0 Å². The predicted octanol–water partition coefficient (Wildman–Crippen LogP) is 7.13. The van der Waals surface area contributed by atoms with E-state index in [1.165, 1.54) is 22.3 Å². The maximum atomic E-state index is 7.25. The molecule has 0 saturated carbocycles. The molecule has 23 heavy (non-hydrogen) atoms. The Hall–Kier alpha value is 0.213. The van der Waals surface area contributed by atoms with Crippen molar-refractivity contribution >= 4 is 54.5 Å². The van der Waals surface area contributed by atoms with Crippen LogP contribution in [0.3, 0.4) is 0 Å². The van der Waals surface area contributed by atoms with Crippen molar-refractivity contribution in [3.8, 4) is 0 Å². The van der Waals surface area contributed by atoms with Crippen LogP contribution in [0.5, 0.6) is 0 Å². The van der Waals surface area contributed by atoms with E-state index < -0.39 is 14.9 Å². The molecular weight excluding hydrogens is 490 g/mol. The van der Waals surface area contributed by atoms with Crippen molar-refractivity contribution in [2.24, 2.45) is 0 Å². The van der Waals surface area contributed by atoms with Gasteiger partial charge in [0, 0.05) is 0 Å². The number of hydrogen-bond donors (Lipinski definition) is 1. The van der Waals surface area contributed by atoms with E-state index in [0.29, 0.717) is 0 Å². The van der Waals surface area contributed by atoms with E-state index >= 15 is 0 Å². The number of allylic oxidation sites excluding steroid dienone is 2. The summed E-state index contributed by atoms with van der Waals surface area (Å²) in [5.74, 6) is 0. The first-order chi connectivity index (χ1) is 10.9. The molecule has 2 atom stereocenters. The summed E-state index contributed by atoms with van der Waals surface area (Å²) in [4.78, 5) is 0. The van der Waals surface area contributed by atoms with Crippen LogP contribution in [0.15, 0.2) is 59.1 Å². The zero-order valence-electron chi connectivity index (χ0n) is 12.1. The van der Waals surface area contributed by atoms with Gasteiger partial charge in [-0.2, -0.15) is 0 Å². The molecule has 0 radical (unpaired) electrons. The van der Waals surface area contributed by atoms with E-state index in [9.17, 15) is 0 Å². The van der Waals surface area contributed by atoms with Gasteiger partial charge < -0.3 is 0 Å². The fraction of sp³-hybridized carbons (Fsp3) is 0.111. The Morgan fingerprint density at radius 3 is 2.35 bits per heavy atom. The normalized spacial score (nSPS) is 23.4. The molecule has 2 aliphatic carbocycles. The molecule has 0 N–H and O–H groups in total. The van der Waals surface area contributed by atoms with Crippen molar-refractivity contribution in [1.29, 1.82) is 0 Å². The molecule has 5 heteroatoms. The summed E-state index contributed by atoms with van der Waals surface area (Å²) in [5.41, 5.74) is 4.75. The van der Waals surface area contributed by atoms with Crippen LogP contribution < -0.4 is 0 Å². The van der Waals surface area contributed by atoms with Gasteiger partial charge in [0.25, 0.3) is 0 Å². The van der Waals surface area contributed by atoms with Gasteiger partial charge >= 0.3 is 158 Å². The van der Waals surface area contributed by atoms with Crippen molar-refractivity contribution in [3.63, 3.8) is 0 Å². The van der Waals surface area contributed by atoms with Gasteiger partial charge in [0.1, 0.15) is 0 Å². The second-order valence-corrected chi connectivity index (χ2v) is 35.1. The van der Waals surface area contributed by atoms with E-state index in [1.54, 1.807) is 0 Å². The zero-order chi connectivity index (χ0) is 16.3. The molecule has 117 valence electrons. The third-order valence-corrected chi connectivity index (χ3v) is 22.2. The van der Waals surface area contributed by atoms with Crippen molar-refractivity contribution in [1.82, 2.24) is 0 Å². The molecule has 0 spiro atoms. The molecule has 0 saturated heterocycles. The van der Waals surface area contributed by atoms with E-state index in [2.05, 4.69) is 58.4 Å². The predicted molar refractivity (Wildman–Crippen MR) is 105 cm³/mol.